The number of pyridine rings is 1. The molecule has 1 heterocycles. The van der Waals surface area contributed by atoms with Crippen LogP contribution >= 0.6 is 15.9 Å². The van der Waals surface area contributed by atoms with Crippen molar-refractivity contribution in [3.05, 3.63) is 57.7 Å². The normalized spacial score (nSPS) is 10.1. The standard InChI is InChI=1S/C14H11BrN2O3/c1-8-7-9(5-6-10(8)15)13(18)17-12-4-2-3-11(16-12)14(19)20/h2-7H,1H3,(H,19,20)(H,16,17,18). The number of carboxylic acids is 1. The second-order valence-electron chi connectivity index (χ2n) is 4.13. The lowest BCUT2D eigenvalue weighted by molar-refractivity contribution is 0.0690. The fourth-order valence-electron chi connectivity index (χ4n) is 1.60. The van der Waals surface area contributed by atoms with Gasteiger partial charge in [0.1, 0.15) is 5.82 Å². The van der Waals surface area contributed by atoms with Gasteiger partial charge in [0.15, 0.2) is 5.69 Å². The summed E-state index contributed by atoms with van der Waals surface area (Å²) in [6, 6.07) is 9.62. The number of hydrogen-bond acceptors (Lipinski definition) is 3. The van der Waals surface area contributed by atoms with E-state index in [1.54, 1.807) is 18.2 Å². The van der Waals surface area contributed by atoms with Gasteiger partial charge in [0.25, 0.3) is 5.91 Å². The van der Waals surface area contributed by atoms with E-state index >= 15 is 0 Å². The molecule has 0 aliphatic rings. The number of aryl methyl sites for hydroxylation is 1. The largest absolute Gasteiger partial charge is 0.477 e. The van der Waals surface area contributed by atoms with E-state index in [4.69, 9.17) is 5.11 Å². The lowest BCUT2D eigenvalue weighted by Crippen LogP contribution is -2.14. The minimum atomic E-state index is -1.14. The van der Waals surface area contributed by atoms with Crippen LogP contribution < -0.4 is 5.32 Å². The summed E-state index contributed by atoms with van der Waals surface area (Å²) in [6.45, 7) is 1.88. The number of hydrogen-bond donors (Lipinski definition) is 2. The molecule has 0 fully saturated rings. The maximum atomic E-state index is 12.0. The summed E-state index contributed by atoms with van der Waals surface area (Å²) in [6.07, 6.45) is 0. The van der Waals surface area contributed by atoms with Gasteiger partial charge in [-0.25, -0.2) is 9.78 Å². The molecule has 1 aromatic carbocycles. The van der Waals surface area contributed by atoms with Crippen LogP contribution in [0.3, 0.4) is 0 Å². The van der Waals surface area contributed by atoms with E-state index in [1.807, 2.05) is 6.92 Å². The van der Waals surface area contributed by atoms with Crippen LogP contribution in [0.5, 0.6) is 0 Å². The van der Waals surface area contributed by atoms with Crippen molar-refractivity contribution in [1.29, 1.82) is 0 Å². The Labute approximate surface area is 123 Å². The lowest BCUT2D eigenvalue weighted by Gasteiger charge is -2.06. The first-order valence-corrected chi connectivity index (χ1v) is 6.54. The maximum Gasteiger partial charge on any atom is 0.354 e. The highest BCUT2D eigenvalue weighted by molar-refractivity contribution is 9.10. The number of carbonyl (C=O) groups is 2. The fourth-order valence-corrected chi connectivity index (χ4v) is 1.84. The number of nitrogens with one attached hydrogen (secondary N) is 1. The van der Waals surface area contributed by atoms with Crippen LogP contribution in [-0.4, -0.2) is 22.0 Å². The first kappa shape index (κ1) is 14.2. The molecule has 0 spiro atoms. The van der Waals surface area contributed by atoms with Crippen LogP contribution in [0, 0.1) is 6.92 Å². The van der Waals surface area contributed by atoms with Crippen molar-refractivity contribution in [2.45, 2.75) is 6.92 Å². The van der Waals surface area contributed by atoms with Gasteiger partial charge in [-0.15, -0.1) is 0 Å². The lowest BCUT2D eigenvalue weighted by atomic mass is 10.1. The highest BCUT2D eigenvalue weighted by Crippen LogP contribution is 2.18. The molecule has 0 aliphatic carbocycles. The summed E-state index contributed by atoms with van der Waals surface area (Å²) in [7, 11) is 0. The summed E-state index contributed by atoms with van der Waals surface area (Å²) < 4.78 is 0.917. The zero-order valence-corrected chi connectivity index (χ0v) is 12.1. The quantitative estimate of drug-likeness (QED) is 0.903. The van der Waals surface area contributed by atoms with Crippen LogP contribution in [0.4, 0.5) is 5.82 Å². The molecule has 20 heavy (non-hydrogen) atoms. The molecule has 0 bridgehead atoms. The second-order valence-corrected chi connectivity index (χ2v) is 4.99. The number of halogens is 1. The molecule has 2 rings (SSSR count). The first-order chi connectivity index (χ1) is 9.47. The molecule has 0 atom stereocenters. The summed E-state index contributed by atoms with van der Waals surface area (Å²) >= 11 is 3.36. The molecule has 0 aliphatic heterocycles. The number of nitrogens with zero attached hydrogens (tertiary/aromatic N) is 1. The second kappa shape index (κ2) is 5.83. The Morgan fingerprint density at radius 2 is 2.00 bits per heavy atom. The van der Waals surface area contributed by atoms with E-state index in [0.29, 0.717) is 5.56 Å². The molecule has 0 radical (unpaired) electrons. The Kier molecular flexibility index (Phi) is 4.14. The molecule has 5 nitrogen and oxygen atoms in total. The predicted molar refractivity (Wildman–Crippen MR) is 78.0 cm³/mol. The molecular weight excluding hydrogens is 324 g/mol. The van der Waals surface area contributed by atoms with E-state index in [0.717, 1.165) is 10.0 Å². The van der Waals surface area contributed by atoms with Crippen molar-refractivity contribution in [3.63, 3.8) is 0 Å². The molecule has 0 saturated carbocycles. The van der Waals surface area contributed by atoms with Crippen molar-refractivity contribution in [2.75, 3.05) is 5.32 Å². The van der Waals surface area contributed by atoms with E-state index in [1.165, 1.54) is 18.2 Å². The third-order valence-electron chi connectivity index (χ3n) is 2.63. The average Bonchev–Trinajstić information content (AvgIpc) is 2.42. The summed E-state index contributed by atoms with van der Waals surface area (Å²) in [5.41, 5.74) is 1.30. The van der Waals surface area contributed by atoms with Crippen LogP contribution in [0.2, 0.25) is 0 Å². The highest BCUT2D eigenvalue weighted by atomic mass is 79.9. The van der Waals surface area contributed by atoms with Crippen LogP contribution in [0.15, 0.2) is 40.9 Å². The van der Waals surface area contributed by atoms with Crippen molar-refractivity contribution in [1.82, 2.24) is 4.98 Å². The fraction of sp³-hybridized carbons (Fsp3) is 0.0714. The van der Waals surface area contributed by atoms with Gasteiger partial charge in [-0.2, -0.15) is 0 Å². The van der Waals surface area contributed by atoms with E-state index < -0.39 is 5.97 Å². The van der Waals surface area contributed by atoms with Gasteiger partial charge < -0.3 is 10.4 Å². The number of carboxylic acid groups (broad SMARTS) is 1. The Morgan fingerprint density at radius 1 is 1.25 bits per heavy atom. The molecule has 2 aromatic rings. The molecule has 6 heteroatoms. The van der Waals surface area contributed by atoms with Gasteiger partial charge in [0, 0.05) is 10.0 Å². The van der Waals surface area contributed by atoms with Crippen LogP contribution in [0.25, 0.3) is 0 Å². The van der Waals surface area contributed by atoms with Crippen molar-refractivity contribution < 1.29 is 14.7 Å². The number of aromatic nitrogens is 1. The van der Waals surface area contributed by atoms with E-state index in [-0.39, 0.29) is 17.4 Å². The number of benzene rings is 1. The highest BCUT2D eigenvalue weighted by Gasteiger charge is 2.10. The van der Waals surface area contributed by atoms with Crippen molar-refractivity contribution >= 4 is 33.6 Å². The van der Waals surface area contributed by atoms with Crippen LogP contribution in [-0.2, 0) is 0 Å². The Balaban J connectivity index is 2.21. The van der Waals surface area contributed by atoms with Gasteiger partial charge in [-0.3, -0.25) is 4.79 Å². The number of anilines is 1. The zero-order chi connectivity index (χ0) is 14.7. The summed E-state index contributed by atoms with van der Waals surface area (Å²) in [5, 5.41) is 11.4. The number of rotatable bonds is 3. The third kappa shape index (κ3) is 3.21. The molecule has 1 amide bonds. The maximum absolute atomic E-state index is 12.0. The molecule has 102 valence electrons. The van der Waals surface area contributed by atoms with E-state index in [9.17, 15) is 9.59 Å². The Hall–Kier alpha value is -2.21. The molecule has 2 N–H and O–H groups in total. The van der Waals surface area contributed by atoms with Gasteiger partial charge in [0.05, 0.1) is 0 Å². The predicted octanol–water partition coefficient (Wildman–Crippen LogP) is 3.10. The van der Waals surface area contributed by atoms with Gasteiger partial charge >= 0.3 is 5.97 Å². The average molecular weight is 335 g/mol. The molecule has 0 unspecified atom stereocenters. The molecule has 0 saturated heterocycles. The van der Waals surface area contributed by atoms with Crippen LogP contribution in [0.1, 0.15) is 26.4 Å². The molecular formula is C14H11BrN2O3. The summed E-state index contributed by atoms with van der Waals surface area (Å²) in [4.78, 5) is 26.7. The van der Waals surface area contributed by atoms with Crippen molar-refractivity contribution in [3.8, 4) is 0 Å². The SMILES string of the molecule is Cc1cc(C(=O)Nc2cccc(C(=O)O)n2)ccc1Br. The molecule has 1 aromatic heterocycles. The smallest absolute Gasteiger partial charge is 0.354 e. The topological polar surface area (TPSA) is 79.3 Å². The Bertz CT molecular complexity index is 686. The van der Waals surface area contributed by atoms with Gasteiger partial charge in [-0.1, -0.05) is 22.0 Å². The summed E-state index contributed by atoms with van der Waals surface area (Å²) in [5.74, 6) is -1.27. The zero-order valence-electron chi connectivity index (χ0n) is 10.6. The monoisotopic (exact) mass is 334 g/mol. The Morgan fingerprint density at radius 3 is 2.65 bits per heavy atom. The number of amides is 1. The minimum Gasteiger partial charge on any atom is -0.477 e. The third-order valence-corrected chi connectivity index (χ3v) is 3.52. The van der Waals surface area contributed by atoms with Gasteiger partial charge in [0.2, 0.25) is 0 Å². The number of carbonyl (C=O) groups excluding carboxylic acids is 1. The van der Waals surface area contributed by atoms with Crippen molar-refractivity contribution in [2.24, 2.45) is 0 Å². The minimum absolute atomic E-state index is 0.116. The van der Waals surface area contributed by atoms with Gasteiger partial charge in [-0.05, 0) is 42.8 Å². The van der Waals surface area contributed by atoms with E-state index in [2.05, 4.69) is 26.2 Å². The first-order valence-electron chi connectivity index (χ1n) is 5.75. The number of aromatic carboxylic acids is 1.